The number of nitrogens with zero attached hydrogens (tertiary/aromatic N) is 2. The Morgan fingerprint density at radius 1 is 1.21 bits per heavy atom. The van der Waals surface area contributed by atoms with Gasteiger partial charge in [-0.05, 0) is 30.3 Å². The van der Waals surface area contributed by atoms with Crippen LogP contribution in [-0.4, -0.2) is 37.1 Å². The molecule has 0 saturated carbocycles. The predicted octanol–water partition coefficient (Wildman–Crippen LogP) is 2.34. The van der Waals surface area contributed by atoms with Crippen LogP contribution in [0.5, 0.6) is 0 Å². The highest BCUT2D eigenvalue weighted by atomic mass is 16.5. The molecule has 5 rings (SSSR count). The summed E-state index contributed by atoms with van der Waals surface area (Å²) in [6.07, 6.45) is 6.24. The molecule has 148 valence electrons. The third-order valence-electron chi connectivity index (χ3n) is 5.12. The summed E-state index contributed by atoms with van der Waals surface area (Å²) in [4.78, 5) is 19.2. The number of nitrogens with one attached hydrogen (secondary N) is 3. The quantitative estimate of drug-likeness (QED) is 0.629. The van der Waals surface area contributed by atoms with Crippen molar-refractivity contribution < 1.29 is 13.9 Å². The number of piperazine rings is 1. The number of carbonyl (C=O) groups is 1. The zero-order valence-electron chi connectivity index (χ0n) is 15.7. The number of carbonyl (C=O) groups excluding carboxylic acids is 1. The molecule has 2 aliphatic rings. The zero-order chi connectivity index (χ0) is 19.6. The highest BCUT2D eigenvalue weighted by molar-refractivity contribution is 6.04. The molecule has 2 aromatic heterocycles. The van der Waals surface area contributed by atoms with Gasteiger partial charge in [-0.1, -0.05) is 0 Å². The van der Waals surface area contributed by atoms with Crippen molar-refractivity contribution in [2.45, 2.75) is 6.23 Å². The molecule has 8 nitrogen and oxygen atoms in total. The maximum atomic E-state index is 12.8. The lowest BCUT2D eigenvalue weighted by Crippen LogP contribution is -2.43. The van der Waals surface area contributed by atoms with Crippen molar-refractivity contribution in [2.24, 2.45) is 0 Å². The lowest BCUT2D eigenvalue weighted by Gasteiger charge is -2.30. The lowest BCUT2D eigenvalue weighted by molar-refractivity contribution is -0.116. The van der Waals surface area contributed by atoms with E-state index in [0.717, 1.165) is 48.4 Å². The Bertz CT molecular complexity index is 1070. The Hall–Kier alpha value is -3.52. The van der Waals surface area contributed by atoms with Gasteiger partial charge in [-0.2, -0.15) is 0 Å². The lowest BCUT2D eigenvalue weighted by atomic mass is 10.1. The number of hydrogen-bond donors (Lipinski definition) is 3. The Morgan fingerprint density at radius 2 is 2.10 bits per heavy atom. The van der Waals surface area contributed by atoms with E-state index < -0.39 is 6.23 Å². The van der Waals surface area contributed by atoms with Crippen LogP contribution in [0.25, 0.3) is 11.0 Å². The number of aromatic nitrogens is 1. The van der Waals surface area contributed by atoms with Gasteiger partial charge in [-0.3, -0.25) is 9.78 Å². The van der Waals surface area contributed by atoms with Crippen molar-refractivity contribution in [3.63, 3.8) is 0 Å². The summed E-state index contributed by atoms with van der Waals surface area (Å²) in [5, 5.41) is 10.4. The van der Waals surface area contributed by atoms with Gasteiger partial charge in [0.1, 0.15) is 5.58 Å². The topological polar surface area (TPSA) is 91.7 Å². The van der Waals surface area contributed by atoms with E-state index in [1.165, 1.54) is 0 Å². The minimum atomic E-state index is -0.420. The average molecular weight is 391 g/mol. The number of amides is 1. The molecule has 1 saturated heterocycles. The van der Waals surface area contributed by atoms with Crippen LogP contribution in [0.4, 0.5) is 11.4 Å². The number of benzene rings is 1. The normalized spacial score (nSPS) is 18.8. The first-order valence-corrected chi connectivity index (χ1v) is 9.59. The van der Waals surface area contributed by atoms with Gasteiger partial charge in [0.25, 0.3) is 5.91 Å². The molecule has 0 bridgehead atoms. The van der Waals surface area contributed by atoms with E-state index in [-0.39, 0.29) is 11.7 Å². The highest BCUT2D eigenvalue weighted by Gasteiger charge is 2.25. The molecule has 1 unspecified atom stereocenters. The molecule has 3 N–H and O–H groups in total. The molecular formula is C21H21N5O3. The molecule has 4 heterocycles. The van der Waals surface area contributed by atoms with Crippen LogP contribution in [0, 0.1) is 0 Å². The fraction of sp³-hybridized carbons (Fsp3) is 0.238. The van der Waals surface area contributed by atoms with Crippen molar-refractivity contribution in [3.8, 4) is 0 Å². The molecule has 1 atom stereocenters. The van der Waals surface area contributed by atoms with Crippen molar-refractivity contribution >= 4 is 28.3 Å². The zero-order valence-corrected chi connectivity index (χ0v) is 15.7. The van der Waals surface area contributed by atoms with Gasteiger partial charge >= 0.3 is 0 Å². The Morgan fingerprint density at radius 3 is 3.00 bits per heavy atom. The Kier molecular flexibility index (Phi) is 4.53. The number of fused-ring (bicyclic) bond motifs is 1. The average Bonchev–Trinajstić information content (AvgIpc) is 3.44. The minimum Gasteiger partial charge on any atom is -0.464 e. The van der Waals surface area contributed by atoms with Gasteiger partial charge in [0.05, 0.1) is 23.8 Å². The summed E-state index contributed by atoms with van der Waals surface area (Å²) in [6, 6.07) is 9.61. The van der Waals surface area contributed by atoms with Gasteiger partial charge in [0, 0.05) is 49.5 Å². The fourth-order valence-electron chi connectivity index (χ4n) is 3.63. The van der Waals surface area contributed by atoms with E-state index in [1.807, 2.05) is 30.3 Å². The fourth-order valence-corrected chi connectivity index (χ4v) is 3.63. The second-order valence-corrected chi connectivity index (χ2v) is 6.98. The van der Waals surface area contributed by atoms with Crippen LogP contribution >= 0.6 is 0 Å². The molecule has 1 fully saturated rings. The van der Waals surface area contributed by atoms with Crippen molar-refractivity contribution in [3.05, 3.63) is 66.5 Å². The van der Waals surface area contributed by atoms with Gasteiger partial charge < -0.3 is 30.0 Å². The molecule has 8 heteroatoms. The molecule has 2 aliphatic heterocycles. The minimum absolute atomic E-state index is 0.234. The molecule has 0 spiro atoms. The second kappa shape index (κ2) is 7.48. The highest BCUT2D eigenvalue weighted by Crippen LogP contribution is 2.29. The van der Waals surface area contributed by atoms with Crippen molar-refractivity contribution in [1.29, 1.82) is 0 Å². The number of rotatable bonds is 4. The molecular weight excluding hydrogens is 370 g/mol. The standard InChI is InChI=1S/C21H21N5O3/c27-20(25-16-12-23-5-3-17(16)26-8-6-22-7-9-26)19-13-24-21(29-19)15-1-2-18-14(11-15)4-10-28-18/h1-5,10-13,21-22,24H,6-9H2,(H,25,27). The number of pyridine rings is 1. The first kappa shape index (κ1) is 17.6. The van der Waals surface area contributed by atoms with Gasteiger partial charge in [-0.25, -0.2) is 0 Å². The summed E-state index contributed by atoms with van der Waals surface area (Å²) in [6.45, 7) is 3.59. The van der Waals surface area contributed by atoms with E-state index >= 15 is 0 Å². The smallest absolute Gasteiger partial charge is 0.292 e. The number of anilines is 2. The number of ether oxygens (including phenoxy) is 1. The molecule has 0 aliphatic carbocycles. The maximum Gasteiger partial charge on any atom is 0.292 e. The molecule has 3 aromatic rings. The summed E-state index contributed by atoms with van der Waals surface area (Å²) < 4.78 is 11.2. The van der Waals surface area contributed by atoms with Gasteiger partial charge in [0.15, 0.2) is 6.23 Å². The van der Waals surface area contributed by atoms with Gasteiger partial charge in [-0.15, -0.1) is 0 Å². The van der Waals surface area contributed by atoms with E-state index in [2.05, 4.69) is 25.8 Å². The third-order valence-corrected chi connectivity index (χ3v) is 5.12. The van der Waals surface area contributed by atoms with Crippen LogP contribution in [0.1, 0.15) is 11.8 Å². The van der Waals surface area contributed by atoms with Crippen LogP contribution < -0.4 is 20.9 Å². The van der Waals surface area contributed by atoms with E-state index in [9.17, 15) is 4.79 Å². The van der Waals surface area contributed by atoms with Gasteiger partial charge in [0.2, 0.25) is 5.76 Å². The molecule has 29 heavy (non-hydrogen) atoms. The number of furan rings is 1. The third kappa shape index (κ3) is 3.50. The SMILES string of the molecule is O=C(Nc1cnccc1N1CCNCC1)C1=CNC(c2ccc3occc3c2)O1. The first-order chi connectivity index (χ1) is 14.3. The van der Waals surface area contributed by atoms with Crippen LogP contribution in [0.2, 0.25) is 0 Å². The monoisotopic (exact) mass is 391 g/mol. The molecule has 0 radical (unpaired) electrons. The summed E-state index contributed by atoms with van der Waals surface area (Å²) in [5.74, 6) is -0.0776. The van der Waals surface area contributed by atoms with E-state index in [1.54, 1.807) is 24.9 Å². The summed E-state index contributed by atoms with van der Waals surface area (Å²) in [7, 11) is 0. The van der Waals surface area contributed by atoms with Crippen LogP contribution in [-0.2, 0) is 9.53 Å². The predicted molar refractivity (Wildman–Crippen MR) is 109 cm³/mol. The Balaban J connectivity index is 1.28. The van der Waals surface area contributed by atoms with Crippen molar-refractivity contribution in [2.75, 3.05) is 36.4 Å². The first-order valence-electron chi connectivity index (χ1n) is 9.59. The second-order valence-electron chi connectivity index (χ2n) is 6.98. The van der Waals surface area contributed by atoms with Crippen molar-refractivity contribution in [1.82, 2.24) is 15.6 Å². The summed E-state index contributed by atoms with van der Waals surface area (Å²) in [5.41, 5.74) is 3.37. The largest absolute Gasteiger partial charge is 0.464 e. The number of hydrogen-bond acceptors (Lipinski definition) is 7. The van der Waals surface area contributed by atoms with Crippen LogP contribution in [0.15, 0.2) is 65.4 Å². The molecule has 1 aromatic carbocycles. The van der Waals surface area contributed by atoms with Crippen LogP contribution in [0.3, 0.4) is 0 Å². The maximum absolute atomic E-state index is 12.8. The van der Waals surface area contributed by atoms with E-state index in [0.29, 0.717) is 5.69 Å². The molecule has 1 amide bonds. The summed E-state index contributed by atoms with van der Waals surface area (Å²) >= 11 is 0. The Labute approximate surface area is 167 Å². The van der Waals surface area contributed by atoms with E-state index in [4.69, 9.17) is 9.15 Å².